The summed E-state index contributed by atoms with van der Waals surface area (Å²) in [6.07, 6.45) is 0.471. The third-order valence-electron chi connectivity index (χ3n) is 2.02. The van der Waals surface area contributed by atoms with Crippen molar-refractivity contribution in [3.05, 3.63) is 16.1 Å². The van der Waals surface area contributed by atoms with Crippen molar-refractivity contribution in [2.75, 3.05) is 13.1 Å². The van der Waals surface area contributed by atoms with E-state index < -0.39 is 5.67 Å². The first-order valence-corrected chi connectivity index (χ1v) is 4.87. The number of aromatic nitrogens is 1. The van der Waals surface area contributed by atoms with Gasteiger partial charge in [0.1, 0.15) is 5.67 Å². The number of nitrogens with one attached hydrogen (secondary N) is 1. The second-order valence-corrected chi connectivity index (χ2v) is 4.26. The Labute approximate surface area is 74.8 Å². The first-order valence-electron chi connectivity index (χ1n) is 3.99. The minimum absolute atomic E-state index is 0.471. The third-order valence-corrected chi connectivity index (χ3v) is 2.98. The van der Waals surface area contributed by atoms with Crippen LogP contribution in [0.5, 0.6) is 0 Å². The molecular formula is C8H11FN2S. The lowest BCUT2D eigenvalue weighted by Gasteiger charge is -2.34. The summed E-state index contributed by atoms with van der Waals surface area (Å²) in [5.74, 6) is 0. The zero-order valence-electron chi connectivity index (χ0n) is 6.93. The van der Waals surface area contributed by atoms with Crippen LogP contribution in [0.2, 0.25) is 0 Å². The number of aryl methyl sites for hydroxylation is 1. The third kappa shape index (κ3) is 1.49. The highest BCUT2D eigenvalue weighted by Gasteiger charge is 2.37. The quantitative estimate of drug-likeness (QED) is 0.753. The maximum atomic E-state index is 13.5. The molecule has 0 spiro atoms. The van der Waals surface area contributed by atoms with E-state index >= 15 is 0 Å². The Balaban J connectivity index is 2.03. The van der Waals surface area contributed by atoms with Crippen LogP contribution in [0.15, 0.2) is 5.38 Å². The van der Waals surface area contributed by atoms with Crippen LogP contribution in [0.1, 0.15) is 10.7 Å². The Bertz CT molecular complexity index is 280. The maximum Gasteiger partial charge on any atom is 0.142 e. The average molecular weight is 186 g/mol. The fraction of sp³-hybridized carbons (Fsp3) is 0.625. The van der Waals surface area contributed by atoms with E-state index in [2.05, 4.69) is 10.3 Å². The van der Waals surface area contributed by atoms with Crippen LogP contribution in [0.25, 0.3) is 0 Å². The summed E-state index contributed by atoms with van der Waals surface area (Å²) in [7, 11) is 0. The standard InChI is InChI=1S/C8H11FN2S/c1-6-3-12-7(11-6)2-8(9)4-10-5-8/h3,10H,2,4-5H2,1H3. The van der Waals surface area contributed by atoms with Crippen LogP contribution >= 0.6 is 11.3 Å². The monoisotopic (exact) mass is 186 g/mol. The topological polar surface area (TPSA) is 24.9 Å². The lowest BCUT2D eigenvalue weighted by Crippen LogP contribution is -2.57. The second kappa shape index (κ2) is 2.78. The van der Waals surface area contributed by atoms with Gasteiger partial charge in [0.2, 0.25) is 0 Å². The van der Waals surface area contributed by atoms with Gasteiger partial charge in [-0.2, -0.15) is 0 Å². The summed E-state index contributed by atoms with van der Waals surface area (Å²) < 4.78 is 13.5. The predicted octanol–water partition coefficient (Wildman–Crippen LogP) is 1.31. The van der Waals surface area contributed by atoms with Crippen molar-refractivity contribution >= 4 is 11.3 Å². The molecule has 2 nitrogen and oxygen atoms in total. The molecular weight excluding hydrogens is 175 g/mol. The molecule has 0 atom stereocenters. The number of hydrogen-bond acceptors (Lipinski definition) is 3. The number of thiazole rings is 1. The minimum atomic E-state index is -1.02. The summed E-state index contributed by atoms with van der Waals surface area (Å²) in [6.45, 7) is 2.89. The maximum absolute atomic E-state index is 13.5. The van der Waals surface area contributed by atoms with Crippen molar-refractivity contribution in [1.29, 1.82) is 0 Å². The van der Waals surface area contributed by atoms with Crippen molar-refractivity contribution in [3.63, 3.8) is 0 Å². The van der Waals surface area contributed by atoms with E-state index in [0.29, 0.717) is 19.5 Å². The van der Waals surface area contributed by atoms with Gasteiger partial charge in [-0.05, 0) is 6.92 Å². The number of rotatable bonds is 2. The molecule has 4 heteroatoms. The van der Waals surface area contributed by atoms with E-state index in [1.54, 1.807) is 11.3 Å². The van der Waals surface area contributed by atoms with Crippen molar-refractivity contribution in [2.24, 2.45) is 0 Å². The number of halogens is 1. The zero-order chi connectivity index (χ0) is 8.60. The van der Waals surface area contributed by atoms with Gasteiger partial charge in [-0.1, -0.05) is 0 Å². The van der Waals surface area contributed by atoms with Gasteiger partial charge >= 0.3 is 0 Å². The molecule has 0 bridgehead atoms. The van der Waals surface area contributed by atoms with E-state index in [9.17, 15) is 4.39 Å². The zero-order valence-corrected chi connectivity index (χ0v) is 7.75. The van der Waals surface area contributed by atoms with Crippen LogP contribution < -0.4 is 5.32 Å². The predicted molar refractivity (Wildman–Crippen MR) is 47.3 cm³/mol. The lowest BCUT2D eigenvalue weighted by molar-refractivity contribution is 0.0911. The van der Waals surface area contributed by atoms with Crippen molar-refractivity contribution in [2.45, 2.75) is 19.0 Å². The molecule has 2 rings (SSSR count). The highest BCUT2D eigenvalue weighted by molar-refractivity contribution is 7.09. The first-order chi connectivity index (χ1) is 5.68. The molecule has 0 aromatic carbocycles. The summed E-state index contributed by atoms with van der Waals surface area (Å²) in [5, 5.41) is 5.81. The molecule has 0 radical (unpaired) electrons. The van der Waals surface area contributed by atoms with E-state index in [4.69, 9.17) is 0 Å². The normalized spacial score (nSPS) is 20.5. The van der Waals surface area contributed by atoms with Gasteiger partial charge in [0.25, 0.3) is 0 Å². The summed E-state index contributed by atoms with van der Waals surface area (Å²) in [6, 6.07) is 0. The fourth-order valence-electron chi connectivity index (χ4n) is 1.28. The van der Waals surface area contributed by atoms with Crippen LogP contribution in [0, 0.1) is 6.92 Å². The molecule has 0 saturated carbocycles. The largest absolute Gasteiger partial charge is 0.310 e. The Morgan fingerprint density at radius 3 is 2.92 bits per heavy atom. The average Bonchev–Trinajstić information content (AvgIpc) is 2.32. The molecule has 0 amide bonds. The van der Waals surface area contributed by atoms with Crippen LogP contribution in [0.3, 0.4) is 0 Å². The van der Waals surface area contributed by atoms with Crippen molar-refractivity contribution in [3.8, 4) is 0 Å². The molecule has 1 saturated heterocycles. The molecule has 12 heavy (non-hydrogen) atoms. The Morgan fingerprint density at radius 2 is 2.50 bits per heavy atom. The van der Waals surface area contributed by atoms with E-state index in [-0.39, 0.29) is 0 Å². The van der Waals surface area contributed by atoms with E-state index in [1.165, 1.54) is 0 Å². The van der Waals surface area contributed by atoms with Crippen LogP contribution in [0.4, 0.5) is 4.39 Å². The Kier molecular flexibility index (Phi) is 1.88. The molecule has 1 aliphatic rings. The molecule has 1 N–H and O–H groups in total. The molecule has 0 unspecified atom stereocenters. The SMILES string of the molecule is Cc1csc(CC2(F)CNC2)n1. The van der Waals surface area contributed by atoms with Gasteiger partial charge in [-0.25, -0.2) is 9.37 Å². The summed E-state index contributed by atoms with van der Waals surface area (Å²) in [4.78, 5) is 4.23. The van der Waals surface area contributed by atoms with Crippen LogP contribution in [-0.4, -0.2) is 23.7 Å². The Hall–Kier alpha value is -0.480. The number of nitrogens with zero attached hydrogens (tertiary/aromatic N) is 1. The van der Waals surface area contributed by atoms with E-state index in [1.807, 2.05) is 12.3 Å². The molecule has 2 heterocycles. The summed E-state index contributed by atoms with van der Waals surface area (Å²) >= 11 is 1.55. The lowest BCUT2D eigenvalue weighted by atomic mass is 9.96. The molecule has 1 aromatic rings. The summed E-state index contributed by atoms with van der Waals surface area (Å²) in [5.41, 5.74) is -0.0320. The van der Waals surface area contributed by atoms with Gasteiger partial charge in [-0.15, -0.1) is 11.3 Å². The molecule has 0 aliphatic carbocycles. The fourth-order valence-corrected chi connectivity index (χ4v) is 2.17. The first kappa shape index (κ1) is 8.13. The van der Waals surface area contributed by atoms with Crippen LogP contribution in [-0.2, 0) is 6.42 Å². The Morgan fingerprint density at radius 1 is 1.75 bits per heavy atom. The van der Waals surface area contributed by atoms with Crippen molar-refractivity contribution < 1.29 is 4.39 Å². The minimum Gasteiger partial charge on any atom is -0.310 e. The van der Waals surface area contributed by atoms with Gasteiger partial charge in [0, 0.05) is 30.6 Å². The van der Waals surface area contributed by atoms with Crippen molar-refractivity contribution in [1.82, 2.24) is 10.3 Å². The number of alkyl halides is 1. The smallest absolute Gasteiger partial charge is 0.142 e. The van der Waals surface area contributed by atoms with Gasteiger partial charge in [-0.3, -0.25) is 0 Å². The second-order valence-electron chi connectivity index (χ2n) is 3.31. The highest BCUT2D eigenvalue weighted by Crippen LogP contribution is 2.23. The molecule has 1 fully saturated rings. The van der Waals surface area contributed by atoms with E-state index in [0.717, 1.165) is 10.7 Å². The van der Waals surface area contributed by atoms with Gasteiger partial charge in [0.05, 0.1) is 5.01 Å². The number of hydrogen-bond donors (Lipinski definition) is 1. The van der Waals surface area contributed by atoms with Gasteiger partial charge in [0.15, 0.2) is 0 Å². The highest BCUT2D eigenvalue weighted by atomic mass is 32.1. The molecule has 1 aromatic heterocycles. The molecule has 66 valence electrons. The van der Waals surface area contributed by atoms with Gasteiger partial charge < -0.3 is 5.32 Å². The molecule has 1 aliphatic heterocycles.